The molecule has 4 heteroatoms. The molecule has 0 bridgehead atoms. The van der Waals surface area contributed by atoms with Crippen LogP contribution in [0.3, 0.4) is 0 Å². The summed E-state index contributed by atoms with van der Waals surface area (Å²) in [7, 11) is 0. The summed E-state index contributed by atoms with van der Waals surface area (Å²) in [6, 6.07) is 10.9. The Kier molecular flexibility index (Phi) is 4.27. The van der Waals surface area contributed by atoms with Gasteiger partial charge in [0.2, 0.25) is 5.91 Å². The van der Waals surface area contributed by atoms with Crippen LogP contribution >= 0.6 is 0 Å². The van der Waals surface area contributed by atoms with Crippen molar-refractivity contribution >= 4 is 5.91 Å². The minimum absolute atomic E-state index is 0.0604. The van der Waals surface area contributed by atoms with E-state index in [1.807, 2.05) is 0 Å². The summed E-state index contributed by atoms with van der Waals surface area (Å²) in [6.45, 7) is 3.23. The molecule has 0 aromatic heterocycles. The van der Waals surface area contributed by atoms with Crippen molar-refractivity contribution in [2.45, 2.75) is 43.7 Å². The van der Waals surface area contributed by atoms with Crippen molar-refractivity contribution in [3.05, 3.63) is 35.9 Å². The maximum Gasteiger partial charge on any atom is 0.240 e. The van der Waals surface area contributed by atoms with Crippen LogP contribution in [0.1, 0.15) is 31.2 Å². The van der Waals surface area contributed by atoms with Crippen LogP contribution in [0.4, 0.5) is 0 Å². The number of rotatable bonds is 5. The van der Waals surface area contributed by atoms with E-state index in [1.165, 1.54) is 5.56 Å². The van der Waals surface area contributed by atoms with Gasteiger partial charge in [-0.15, -0.1) is 0 Å². The van der Waals surface area contributed by atoms with Gasteiger partial charge < -0.3 is 16.0 Å². The number of amides is 1. The summed E-state index contributed by atoms with van der Waals surface area (Å²) >= 11 is 0. The van der Waals surface area contributed by atoms with Gasteiger partial charge >= 0.3 is 0 Å². The first-order valence-corrected chi connectivity index (χ1v) is 8.02. The molecule has 1 aliphatic carbocycles. The zero-order valence-corrected chi connectivity index (χ0v) is 12.6. The molecule has 21 heavy (non-hydrogen) atoms. The van der Waals surface area contributed by atoms with Gasteiger partial charge in [-0.05, 0) is 37.7 Å². The van der Waals surface area contributed by atoms with Crippen LogP contribution in [0.5, 0.6) is 0 Å². The molecule has 4 nitrogen and oxygen atoms in total. The molecule has 2 aliphatic rings. The molecule has 3 N–H and O–H groups in total. The van der Waals surface area contributed by atoms with E-state index < -0.39 is 5.54 Å². The summed E-state index contributed by atoms with van der Waals surface area (Å²) in [4.78, 5) is 14.4. The fraction of sp³-hybridized carbons (Fsp3) is 0.588. The molecule has 1 saturated carbocycles. The van der Waals surface area contributed by atoms with E-state index in [0.717, 1.165) is 51.7 Å². The first-order chi connectivity index (χ1) is 10.2. The quantitative estimate of drug-likeness (QED) is 0.858. The Hall–Kier alpha value is -1.39. The second kappa shape index (κ2) is 6.16. The minimum atomic E-state index is -0.537. The van der Waals surface area contributed by atoms with Gasteiger partial charge in [0.05, 0.1) is 5.54 Å². The Bertz CT molecular complexity index is 476. The number of benzene rings is 1. The van der Waals surface area contributed by atoms with E-state index >= 15 is 0 Å². The lowest BCUT2D eigenvalue weighted by Gasteiger charge is -2.32. The molecule has 1 aromatic carbocycles. The second-order valence-electron chi connectivity index (χ2n) is 6.48. The molecule has 0 spiro atoms. The van der Waals surface area contributed by atoms with Crippen molar-refractivity contribution in [2.24, 2.45) is 5.73 Å². The highest BCUT2D eigenvalue weighted by atomic mass is 16.2. The van der Waals surface area contributed by atoms with E-state index in [2.05, 4.69) is 40.5 Å². The average molecular weight is 287 g/mol. The molecule has 1 amide bonds. The predicted octanol–water partition coefficient (Wildman–Crippen LogP) is 1.30. The van der Waals surface area contributed by atoms with E-state index in [0.29, 0.717) is 6.04 Å². The standard InChI is InChI=1S/C17H25N3O/c18-17(9-10-17)16(21)19-15-7-12-20(13-8-15)11-6-14-4-2-1-3-5-14/h1-5,15H,6-13,18H2,(H,19,21). The topological polar surface area (TPSA) is 58.4 Å². The smallest absolute Gasteiger partial charge is 0.240 e. The van der Waals surface area contributed by atoms with Gasteiger partial charge in [-0.3, -0.25) is 4.79 Å². The third kappa shape index (κ3) is 3.83. The molecule has 2 fully saturated rings. The zero-order valence-electron chi connectivity index (χ0n) is 12.6. The minimum Gasteiger partial charge on any atom is -0.352 e. The van der Waals surface area contributed by atoms with Crippen LogP contribution in [0.15, 0.2) is 30.3 Å². The first kappa shape index (κ1) is 14.5. The van der Waals surface area contributed by atoms with Crippen molar-refractivity contribution in [1.82, 2.24) is 10.2 Å². The Balaban J connectivity index is 1.38. The highest BCUT2D eigenvalue weighted by Gasteiger charge is 2.46. The molecular weight excluding hydrogens is 262 g/mol. The van der Waals surface area contributed by atoms with Crippen LogP contribution in [0.25, 0.3) is 0 Å². The van der Waals surface area contributed by atoms with Crippen LogP contribution in [0, 0.1) is 0 Å². The summed E-state index contributed by atoms with van der Waals surface area (Å²) in [5.41, 5.74) is 6.78. The Labute approximate surface area is 126 Å². The summed E-state index contributed by atoms with van der Waals surface area (Å²) in [6.07, 6.45) is 4.86. The number of nitrogens with one attached hydrogen (secondary N) is 1. The van der Waals surface area contributed by atoms with Crippen molar-refractivity contribution < 1.29 is 4.79 Å². The highest BCUT2D eigenvalue weighted by molar-refractivity contribution is 5.89. The third-order valence-corrected chi connectivity index (χ3v) is 4.72. The maximum absolute atomic E-state index is 11.9. The van der Waals surface area contributed by atoms with Gasteiger partial charge in [0.15, 0.2) is 0 Å². The lowest BCUT2D eigenvalue weighted by atomic mass is 10.0. The first-order valence-electron chi connectivity index (χ1n) is 8.02. The SMILES string of the molecule is NC1(C(=O)NC2CCN(CCc3ccccc3)CC2)CC1. The fourth-order valence-corrected chi connectivity index (χ4v) is 2.92. The average Bonchev–Trinajstić information content (AvgIpc) is 3.27. The van der Waals surface area contributed by atoms with E-state index in [4.69, 9.17) is 5.73 Å². The molecule has 1 heterocycles. The lowest BCUT2D eigenvalue weighted by Crippen LogP contribution is -2.50. The van der Waals surface area contributed by atoms with Crippen molar-refractivity contribution in [1.29, 1.82) is 0 Å². The number of nitrogens with two attached hydrogens (primary N) is 1. The number of carbonyl (C=O) groups excluding carboxylic acids is 1. The third-order valence-electron chi connectivity index (χ3n) is 4.72. The molecule has 0 unspecified atom stereocenters. The number of hydrogen-bond donors (Lipinski definition) is 2. The van der Waals surface area contributed by atoms with Crippen LogP contribution in [-0.4, -0.2) is 42.0 Å². The summed E-state index contributed by atoms with van der Waals surface area (Å²) in [5, 5.41) is 3.13. The molecule has 1 saturated heterocycles. The second-order valence-corrected chi connectivity index (χ2v) is 6.48. The fourth-order valence-electron chi connectivity index (χ4n) is 2.92. The van der Waals surface area contributed by atoms with Gasteiger partial charge in [-0.2, -0.15) is 0 Å². The molecule has 0 atom stereocenters. The number of likely N-dealkylation sites (tertiary alicyclic amines) is 1. The molecular formula is C17H25N3O. The van der Waals surface area contributed by atoms with Crippen molar-refractivity contribution in [2.75, 3.05) is 19.6 Å². The Morgan fingerprint density at radius 1 is 1.24 bits per heavy atom. The highest BCUT2D eigenvalue weighted by Crippen LogP contribution is 2.32. The van der Waals surface area contributed by atoms with Crippen LogP contribution in [-0.2, 0) is 11.2 Å². The molecule has 1 aliphatic heterocycles. The number of nitrogens with zero attached hydrogens (tertiary/aromatic N) is 1. The normalized spacial score (nSPS) is 22.0. The maximum atomic E-state index is 11.9. The largest absolute Gasteiger partial charge is 0.352 e. The van der Waals surface area contributed by atoms with Gasteiger partial charge in [0, 0.05) is 25.7 Å². The molecule has 0 radical (unpaired) electrons. The van der Waals surface area contributed by atoms with Gasteiger partial charge in [-0.25, -0.2) is 0 Å². The van der Waals surface area contributed by atoms with Gasteiger partial charge in [0.1, 0.15) is 0 Å². The van der Waals surface area contributed by atoms with E-state index in [9.17, 15) is 4.79 Å². The Morgan fingerprint density at radius 2 is 1.90 bits per heavy atom. The van der Waals surface area contributed by atoms with Gasteiger partial charge in [0.25, 0.3) is 0 Å². The Morgan fingerprint density at radius 3 is 2.52 bits per heavy atom. The van der Waals surface area contributed by atoms with Crippen LogP contribution < -0.4 is 11.1 Å². The monoisotopic (exact) mass is 287 g/mol. The number of piperidine rings is 1. The zero-order chi connectivity index (χ0) is 14.7. The summed E-state index contributed by atoms with van der Waals surface area (Å²) in [5.74, 6) is 0.0604. The van der Waals surface area contributed by atoms with Crippen LogP contribution in [0.2, 0.25) is 0 Å². The molecule has 114 valence electrons. The molecule has 3 rings (SSSR count). The summed E-state index contributed by atoms with van der Waals surface area (Å²) < 4.78 is 0. The van der Waals surface area contributed by atoms with E-state index in [-0.39, 0.29) is 5.91 Å². The predicted molar refractivity (Wildman–Crippen MR) is 83.9 cm³/mol. The number of hydrogen-bond acceptors (Lipinski definition) is 3. The lowest BCUT2D eigenvalue weighted by molar-refractivity contribution is -0.124. The van der Waals surface area contributed by atoms with Crippen molar-refractivity contribution in [3.63, 3.8) is 0 Å². The molecule has 1 aromatic rings. The van der Waals surface area contributed by atoms with Gasteiger partial charge in [-0.1, -0.05) is 30.3 Å². The number of carbonyl (C=O) groups is 1. The van der Waals surface area contributed by atoms with E-state index in [1.54, 1.807) is 0 Å². The van der Waals surface area contributed by atoms with Crippen molar-refractivity contribution in [3.8, 4) is 0 Å².